The zero-order chi connectivity index (χ0) is 15.3. The van der Waals surface area contributed by atoms with Gasteiger partial charge in [0, 0.05) is 13.1 Å². The number of nitrogens with zero attached hydrogens (tertiary/aromatic N) is 4. The van der Waals surface area contributed by atoms with Gasteiger partial charge in [-0.1, -0.05) is 0 Å². The molecule has 0 fully saturated rings. The lowest BCUT2D eigenvalue weighted by Gasteiger charge is -2.24. The second-order valence-electron chi connectivity index (χ2n) is 3.85. The molecule has 2 N–H and O–H groups in total. The Labute approximate surface area is 110 Å². The van der Waals surface area contributed by atoms with Crippen molar-refractivity contribution >= 4 is 11.9 Å². The van der Waals surface area contributed by atoms with Crippen molar-refractivity contribution in [2.75, 3.05) is 13.1 Å². The maximum absolute atomic E-state index is 10.6. The van der Waals surface area contributed by atoms with Crippen molar-refractivity contribution < 1.29 is 33.0 Å². The van der Waals surface area contributed by atoms with Crippen LogP contribution in [0.3, 0.4) is 0 Å². The maximum atomic E-state index is 10.6. The van der Waals surface area contributed by atoms with Gasteiger partial charge in [0.1, 0.15) is 12.2 Å². The number of alkyl halides is 3. The highest BCUT2D eigenvalue weighted by Crippen LogP contribution is 2.13. The third-order valence-electron chi connectivity index (χ3n) is 2.32. The normalized spacial score (nSPS) is 14.9. The molecule has 0 bridgehead atoms. The Morgan fingerprint density at radius 2 is 1.90 bits per heavy atom. The summed E-state index contributed by atoms with van der Waals surface area (Å²) in [6.07, 6.45) is -3.41. The van der Waals surface area contributed by atoms with E-state index in [1.165, 1.54) is 0 Å². The second-order valence-corrected chi connectivity index (χ2v) is 3.85. The lowest BCUT2D eigenvalue weighted by atomic mass is 10.3. The third-order valence-corrected chi connectivity index (χ3v) is 2.32. The summed E-state index contributed by atoms with van der Waals surface area (Å²) in [5.74, 6) is -2.71. The van der Waals surface area contributed by atoms with Crippen LogP contribution in [0.1, 0.15) is 5.82 Å². The van der Waals surface area contributed by atoms with Crippen LogP contribution in [0.2, 0.25) is 0 Å². The molecule has 0 atom stereocenters. The number of aliphatic carboxylic acids is 2. The summed E-state index contributed by atoms with van der Waals surface area (Å²) in [6, 6.07) is 0. The average Bonchev–Trinajstić information content (AvgIpc) is 2.74. The number of hydrogen-bond donors (Lipinski definition) is 2. The number of carboxylic acid groups (broad SMARTS) is 2. The van der Waals surface area contributed by atoms with Crippen LogP contribution in [-0.2, 0) is 22.7 Å². The Morgan fingerprint density at radius 1 is 1.30 bits per heavy atom. The first-order valence-corrected chi connectivity index (χ1v) is 5.31. The smallest absolute Gasteiger partial charge is 0.480 e. The van der Waals surface area contributed by atoms with E-state index in [2.05, 4.69) is 10.2 Å². The van der Waals surface area contributed by atoms with Crippen molar-refractivity contribution in [1.82, 2.24) is 19.7 Å². The van der Waals surface area contributed by atoms with Crippen LogP contribution in [0.5, 0.6) is 0 Å². The first kappa shape index (κ1) is 15.9. The summed E-state index contributed by atoms with van der Waals surface area (Å²) >= 11 is 0. The van der Waals surface area contributed by atoms with Crippen LogP contribution >= 0.6 is 0 Å². The van der Waals surface area contributed by atoms with Crippen LogP contribution in [0.15, 0.2) is 6.33 Å². The minimum Gasteiger partial charge on any atom is -0.480 e. The molecule has 0 spiro atoms. The Balaban J connectivity index is 0.000000246. The number of halogens is 3. The highest BCUT2D eigenvalue weighted by molar-refractivity contribution is 5.73. The molecular weight excluding hydrogens is 285 g/mol. The Morgan fingerprint density at radius 3 is 2.40 bits per heavy atom. The summed E-state index contributed by atoms with van der Waals surface area (Å²) in [5.41, 5.74) is 0. The van der Waals surface area contributed by atoms with E-state index in [0.29, 0.717) is 6.54 Å². The van der Waals surface area contributed by atoms with Gasteiger partial charge >= 0.3 is 18.1 Å². The van der Waals surface area contributed by atoms with Crippen LogP contribution < -0.4 is 0 Å². The Bertz CT molecular complexity index is 488. The van der Waals surface area contributed by atoms with Crippen molar-refractivity contribution in [1.29, 1.82) is 0 Å². The maximum Gasteiger partial charge on any atom is 0.490 e. The monoisotopic (exact) mass is 296 g/mol. The second kappa shape index (κ2) is 6.32. The molecule has 1 aromatic heterocycles. The molecule has 1 aromatic rings. The first-order valence-electron chi connectivity index (χ1n) is 5.31. The third kappa shape index (κ3) is 4.84. The minimum absolute atomic E-state index is 0.0762. The van der Waals surface area contributed by atoms with E-state index < -0.39 is 18.1 Å². The van der Waals surface area contributed by atoms with Crippen LogP contribution in [0.25, 0.3) is 0 Å². The van der Waals surface area contributed by atoms with Gasteiger partial charge in [-0.2, -0.15) is 13.2 Å². The molecule has 2 rings (SSSR count). The number of hydrogen-bond acceptors (Lipinski definition) is 5. The lowest BCUT2D eigenvalue weighted by Crippen LogP contribution is -2.37. The average molecular weight is 296 g/mol. The zero-order valence-electron chi connectivity index (χ0n) is 10.0. The van der Waals surface area contributed by atoms with Gasteiger partial charge in [0.25, 0.3) is 0 Å². The summed E-state index contributed by atoms with van der Waals surface area (Å²) in [4.78, 5) is 21.2. The van der Waals surface area contributed by atoms with Gasteiger partial charge < -0.3 is 14.8 Å². The van der Waals surface area contributed by atoms with Crippen molar-refractivity contribution in [3.05, 3.63) is 12.2 Å². The van der Waals surface area contributed by atoms with E-state index in [9.17, 15) is 18.0 Å². The molecule has 0 aliphatic carbocycles. The molecule has 0 amide bonds. The highest BCUT2D eigenvalue weighted by Gasteiger charge is 2.38. The van der Waals surface area contributed by atoms with Crippen molar-refractivity contribution in [3.8, 4) is 0 Å². The summed E-state index contributed by atoms with van der Waals surface area (Å²) in [6.45, 7) is 2.17. The lowest BCUT2D eigenvalue weighted by molar-refractivity contribution is -0.192. The Hall–Kier alpha value is -2.17. The molecular formula is C9H11F3N4O4. The molecule has 1 aliphatic heterocycles. The summed E-state index contributed by atoms with van der Waals surface area (Å²) in [7, 11) is 0. The summed E-state index contributed by atoms with van der Waals surface area (Å²) < 4.78 is 33.7. The molecule has 20 heavy (non-hydrogen) atoms. The number of carbonyl (C=O) groups is 2. The van der Waals surface area contributed by atoms with Crippen LogP contribution in [0.4, 0.5) is 13.2 Å². The fourth-order valence-corrected chi connectivity index (χ4v) is 1.44. The van der Waals surface area contributed by atoms with Gasteiger partial charge in [0.2, 0.25) is 0 Å². The molecule has 11 heteroatoms. The number of rotatable bonds is 2. The van der Waals surface area contributed by atoms with Gasteiger partial charge in [0.15, 0.2) is 0 Å². The fourth-order valence-electron chi connectivity index (χ4n) is 1.44. The van der Waals surface area contributed by atoms with Crippen molar-refractivity contribution in [2.45, 2.75) is 19.3 Å². The van der Waals surface area contributed by atoms with Crippen molar-refractivity contribution in [3.63, 3.8) is 0 Å². The van der Waals surface area contributed by atoms with Crippen molar-refractivity contribution in [2.24, 2.45) is 0 Å². The van der Waals surface area contributed by atoms with Gasteiger partial charge in [-0.3, -0.25) is 9.69 Å². The molecule has 0 saturated heterocycles. The summed E-state index contributed by atoms with van der Waals surface area (Å²) in [5, 5.41) is 23.4. The number of aromatic nitrogens is 3. The predicted octanol–water partition coefficient (Wildman–Crippen LogP) is -0.188. The molecule has 112 valence electrons. The zero-order valence-corrected chi connectivity index (χ0v) is 10.0. The molecule has 8 nitrogen and oxygen atoms in total. The first-order chi connectivity index (χ1) is 9.20. The quantitative estimate of drug-likeness (QED) is 0.778. The molecule has 0 aromatic carbocycles. The topological polar surface area (TPSA) is 109 Å². The number of fused-ring (bicyclic) bond motifs is 1. The van der Waals surface area contributed by atoms with E-state index in [-0.39, 0.29) is 6.54 Å². The molecule has 2 heterocycles. The van der Waals surface area contributed by atoms with Gasteiger partial charge in [-0.15, -0.1) is 10.2 Å². The fraction of sp³-hybridized carbons (Fsp3) is 0.556. The van der Waals surface area contributed by atoms with Gasteiger partial charge in [-0.25, -0.2) is 4.79 Å². The largest absolute Gasteiger partial charge is 0.490 e. The molecule has 0 saturated carbocycles. The highest BCUT2D eigenvalue weighted by atomic mass is 19.4. The van der Waals surface area contributed by atoms with Crippen LogP contribution in [-0.4, -0.2) is 61.1 Å². The number of carboxylic acids is 2. The predicted molar refractivity (Wildman–Crippen MR) is 56.6 cm³/mol. The Kier molecular flexibility index (Phi) is 5.02. The minimum atomic E-state index is -5.08. The standard InChI is InChI=1S/C7H10N4O2.C2HF3O2/c12-7(13)4-10-1-2-11-5-8-9-6(11)3-10;3-2(4,5)1(6)7/h5H,1-4H2,(H,12,13);(H,6,7). The van der Waals surface area contributed by atoms with Gasteiger partial charge in [0.05, 0.1) is 13.1 Å². The van der Waals surface area contributed by atoms with Gasteiger partial charge in [-0.05, 0) is 0 Å². The van der Waals surface area contributed by atoms with E-state index in [1.807, 2.05) is 9.47 Å². The van der Waals surface area contributed by atoms with E-state index in [1.54, 1.807) is 6.33 Å². The van der Waals surface area contributed by atoms with E-state index >= 15 is 0 Å². The van der Waals surface area contributed by atoms with E-state index in [0.717, 1.165) is 18.9 Å². The van der Waals surface area contributed by atoms with Crippen LogP contribution in [0, 0.1) is 0 Å². The molecule has 0 radical (unpaired) electrons. The molecule has 1 aliphatic rings. The van der Waals surface area contributed by atoms with E-state index in [4.69, 9.17) is 15.0 Å². The SMILES string of the molecule is O=C(O)C(F)(F)F.O=C(O)CN1CCn2cnnc2C1. The molecule has 0 unspecified atom stereocenters.